The maximum Gasteiger partial charge on any atom is 0.326 e. The maximum atomic E-state index is 12.5. The summed E-state index contributed by atoms with van der Waals surface area (Å²) in [6.07, 6.45) is 2.38. The molecule has 1 saturated heterocycles. The predicted octanol–water partition coefficient (Wildman–Crippen LogP) is 3.08. The van der Waals surface area contributed by atoms with E-state index in [1.807, 2.05) is 0 Å². The van der Waals surface area contributed by atoms with Gasteiger partial charge in [-0.25, -0.2) is 13.2 Å². The van der Waals surface area contributed by atoms with Crippen molar-refractivity contribution in [3.63, 3.8) is 0 Å². The largest absolute Gasteiger partial charge is 0.480 e. The summed E-state index contributed by atoms with van der Waals surface area (Å²) < 4.78 is 25.1. The Hall–Kier alpha value is -2.30. The number of carboxylic acid groups (broad SMARTS) is 1. The number of anilines is 3. The number of aliphatic carboxylic acids is 1. The van der Waals surface area contributed by atoms with E-state index < -0.39 is 27.9 Å². The van der Waals surface area contributed by atoms with Crippen molar-refractivity contribution in [2.75, 3.05) is 27.7 Å². The monoisotopic (exact) mass is 443 g/mol. The minimum atomic E-state index is -3.48. The molecule has 0 radical (unpaired) electrons. The minimum Gasteiger partial charge on any atom is -0.480 e. The van der Waals surface area contributed by atoms with E-state index in [0.29, 0.717) is 29.2 Å². The molecule has 0 bridgehead atoms. The molecule has 3 rings (SSSR count). The van der Waals surface area contributed by atoms with Gasteiger partial charge < -0.3 is 15.3 Å². The molecular weight excluding hydrogens is 426 g/mol. The first kappa shape index (κ1) is 20.4. The number of carbonyl (C=O) groups is 2. The number of carbonyl (C=O) groups excluding carboxylic acids is 1. The Morgan fingerprint density at radius 2 is 1.96 bits per heavy atom. The normalized spacial score (nSPS) is 16.8. The Morgan fingerprint density at radius 3 is 2.64 bits per heavy atom. The van der Waals surface area contributed by atoms with Crippen LogP contribution in [0.5, 0.6) is 0 Å². The van der Waals surface area contributed by atoms with E-state index in [1.165, 1.54) is 29.5 Å². The molecule has 11 heteroatoms. The van der Waals surface area contributed by atoms with Crippen LogP contribution in [0.2, 0.25) is 5.02 Å². The molecule has 1 fully saturated rings. The van der Waals surface area contributed by atoms with Crippen molar-refractivity contribution in [2.24, 2.45) is 0 Å². The molecule has 1 aliphatic heterocycles. The number of nitrogens with one attached hydrogen (secondary N) is 2. The summed E-state index contributed by atoms with van der Waals surface area (Å²) >= 11 is 7.20. The zero-order valence-electron chi connectivity index (χ0n) is 14.8. The fraction of sp³-hybridized carbons (Fsp3) is 0.294. The molecule has 1 amide bonds. The minimum absolute atomic E-state index is 0.235. The topological polar surface area (TPSA) is 116 Å². The molecule has 1 aliphatic rings. The molecule has 1 atom stereocenters. The van der Waals surface area contributed by atoms with Gasteiger partial charge in [0.25, 0.3) is 5.91 Å². The number of amides is 1. The number of rotatable bonds is 6. The van der Waals surface area contributed by atoms with Crippen molar-refractivity contribution in [2.45, 2.75) is 18.9 Å². The van der Waals surface area contributed by atoms with Gasteiger partial charge in [-0.05, 0) is 37.1 Å². The van der Waals surface area contributed by atoms with Crippen LogP contribution in [0.25, 0.3) is 0 Å². The molecule has 1 aromatic carbocycles. The number of halogens is 1. The first-order valence-corrected chi connectivity index (χ1v) is 11.4. The van der Waals surface area contributed by atoms with E-state index in [9.17, 15) is 23.1 Å². The van der Waals surface area contributed by atoms with Crippen LogP contribution in [0.1, 0.15) is 22.5 Å². The zero-order valence-corrected chi connectivity index (χ0v) is 17.2. The van der Waals surface area contributed by atoms with Crippen molar-refractivity contribution < 1.29 is 23.1 Å². The first-order chi connectivity index (χ1) is 13.1. The van der Waals surface area contributed by atoms with Gasteiger partial charge in [0.2, 0.25) is 10.0 Å². The van der Waals surface area contributed by atoms with Crippen LogP contribution < -0.4 is 14.9 Å². The SMILES string of the molecule is CS(=O)(=O)Nc1cc(Cl)cc(NC(=O)c2cc(N3CCC[C@H]3C(=O)O)cs2)c1. The molecule has 0 unspecified atom stereocenters. The average Bonchev–Trinajstić information content (AvgIpc) is 3.21. The van der Waals surface area contributed by atoms with E-state index in [1.54, 1.807) is 16.3 Å². The fourth-order valence-electron chi connectivity index (χ4n) is 3.06. The molecule has 150 valence electrons. The Kier molecular flexibility index (Phi) is 5.82. The summed E-state index contributed by atoms with van der Waals surface area (Å²) in [7, 11) is -3.48. The van der Waals surface area contributed by atoms with Gasteiger partial charge in [0.05, 0.1) is 16.8 Å². The van der Waals surface area contributed by atoms with Gasteiger partial charge in [-0.15, -0.1) is 11.3 Å². The van der Waals surface area contributed by atoms with Crippen LogP contribution in [0.3, 0.4) is 0 Å². The van der Waals surface area contributed by atoms with Gasteiger partial charge >= 0.3 is 5.97 Å². The Bertz CT molecular complexity index is 1020. The van der Waals surface area contributed by atoms with Crippen LogP contribution in [0, 0.1) is 0 Å². The van der Waals surface area contributed by atoms with Crippen molar-refractivity contribution in [1.29, 1.82) is 0 Å². The lowest BCUT2D eigenvalue weighted by Gasteiger charge is -2.21. The van der Waals surface area contributed by atoms with Crippen molar-refractivity contribution in [3.05, 3.63) is 39.5 Å². The summed E-state index contributed by atoms with van der Waals surface area (Å²) in [4.78, 5) is 26.1. The number of benzene rings is 1. The standard InChI is InChI=1S/C17H18ClN3O5S2/c1-28(25,26)20-12-6-10(18)5-11(7-12)19-16(22)15-8-13(9-27-15)21-4-2-3-14(21)17(23)24/h5-9,14,20H,2-4H2,1H3,(H,19,22)(H,23,24)/t14-/m0/s1. The smallest absolute Gasteiger partial charge is 0.326 e. The van der Waals surface area contributed by atoms with Crippen molar-refractivity contribution >= 4 is 61.9 Å². The number of nitrogens with zero attached hydrogens (tertiary/aromatic N) is 1. The Morgan fingerprint density at radius 1 is 1.25 bits per heavy atom. The maximum absolute atomic E-state index is 12.5. The lowest BCUT2D eigenvalue weighted by atomic mass is 10.2. The summed E-state index contributed by atoms with van der Waals surface area (Å²) in [5.74, 6) is -1.27. The van der Waals surface area contributed by atoms with Gasteiger partial charge in [-0.2, -0.15) is 0 Å². The lowest BCUT2D eigenvalue weighted by Crippen LogP contribution is -2.35. The third-order valence-electron chi connectivity index (χ3n) is 4.14. The highest BCUT2D eigenvalue weighted by atomic mass is 35.5. The van der Waals surface area contributed by atoms with Gasteiger partial charge in [-0.1, -0.05) is 11.6 Å². The predicted molar refractivity (Wildman–Crippen MR) is 110 cm³/mol. The zero-order chi connectivity index (χ0) is 20.5. The summed E-state index contributed by atoms with van der Waals surface area (Å²) in [6, 6.07) is 5.47. The second kappa shape index (κ2) is 7.98. The lowest BCUT2D eigenvalue weighted by molar-refractivity contribution is -0.138. The van der Waals surface area contributed by atoms with Crippen LogP contribution >= 0.6 is 22.9 Å². The number of carboxylic acids is 1. The number of thiophene rings is 1. The highest BCUT2D eigenvalue weighted by Crippen LogP contribution is 2.31. The summed E-state index contributed by atoms with van der Waals surface area (Å²) in [6.45, 7) is 0.629. The fourth-order valence-corrected chi connectivity index (χ4v) is 4.63. The molecule has 0 aliphatic carbocycles. The van der Waals surface area contributed by atoms with Crippen molar-refractivity contribution in [3.8, 4) is 0 Å². The van der Waals surface area contributed by atoms with Gasteiger partial charge in [0, 0.05) is 28.3 Å². The quantitative estimate of drug-likeness (QED) is 0.631. The molecule has 2 aromatic rings. The highest BCUT2D eigenvalue weighted by molar-refractivity contribution is 7.92. The third kappa shape index (κ3) is 4.94. The Labute approximate surface area is 171 Å². The molecule has 0 saturated carbocycles. The third-order valence-corrected chi connectivity index (χ3v) is 5.88. The van der Waals surface area contributed by atoms with Gasteiger partial charge in [-0.3, -0.25) is 9.52 Å². The first-order valence-electron chi connectivity index (χ1n) is 8.30. The molecule has 3 N–H and O–H groups in total. The molecule has 1 aromatic heterocycles. The second-order valence-corrected chi connectivity index (χ2v) is 9.51. The van der Waals surface area contributed by atoms with E-state index in [0.717, 1.165) is 12.7 Å². The molecule has 8 nitrogen and oxygen atoms in total. The average molecular weight is 444 g/mol. The van der Waals surface area contributed by atoms with E-state index in [4.69, 9.17) is 11.6 Å². The van der Waals surface area contributed by atoms with E-state index >= 15 is 0 Å². The number of hydrogen-bond donors (Lipinski definition) is 3. The molecule has 2 heterocycles. The summed E-state index contributed by atoms with van der Waals surface area (Å²) in [5, 5.41) is 14.0. The summed E-state index contributed by atoms with van der Waals surface area (Å²) in [5.41, 5.74) is 1.27. The number of sulfonamides is 1. The van der Waals surface area contributed by atoms with E-state index in [-0.39, 0.29) is 10.7 Å². The number of hydrogen-bond acceptors (Lipinski definition) is 6. The molecule has 0 spiro atoms. The van der Waals surface area contributed by atoms with Gasteiger partial charge in [0.1, 0.15) is 6.04 Å². The van der Waals surface area contributed by atoms with Crippen molar-refractivity contribution in [1.82, 2.24) is 0 Å². The molecule has 28 heavy (non-hydrogen) atoms. The molecular formula is C17H18ClN3O5S2. The second-order valence-electron chi connectivity index (χ2n) is 6.42. The van der Waals surface area contributed by atoms with Gasteiger partial charge in [0.15, 0.2) is 0 Å². The van der Waals surface area contributed by atoms with Crippen LogP contribution in [-0.2, 0) is 14.8 Å². The highest BCUT2D eigenvalue weighted by Gasteiger charge is 2.31. The van der Waals surface area contributed by atoms with E-state index in [2.05, 4.69) is 10.0 Å². The van der Waals surface area contributed by atoms with Crippen LogP contribution in [-0.4, -0.2) is 44.2 Å². The Balaban J connectivity index is 1.76. The van der Waals surface area contributed by atoms with Crippen LogP contribution in [0.15, 0.2) is 29.6 Å². The van der Waals surface area contributed by atoms with Crippen LogP contribution in [0.4, 0.5) is 17.1 Å².